The van der Waals surface area contributed by atoms with Gasteiger partial charge in [-0.25, -0.2) is 4.98 Å². The molecule has 1 aromatic carbocycles. The zero-order valence-corrected chi connectivity index (χ0v) is 15.6. The summed E-state index contributed by atoms with van der Waals surface area (Å²) in [5.74, 6) is 0.518. The molecule has 0 radical (unpaired) electrons. The third-order valence-corrected chi connectivity index (χ3v) is 4.73. The van der Waals surface area contributed by atoms with Gasteiger partial charge < -0.3 is 15.2 Å². The van der Waals surface area contributed by atoms with E-state index in [0.717, 1.165) is 16.9 Å². The van der Waals surface area contributed by atoms with Crippen LogP contribution in [-0.4, -0.2) is 64.4 Å². The number of hydrogen-bond donors (Lipinski definition) is 1. The lowest BCUT2D eigenvalue weighted by molar-refractivity contribution is -0.122. The summed E-state index contributed by atoms with van der Waals surface area (Å²) in [6, 6.07) is 5.24. The number of nitrogens with zero attached hydrogens (tertiary/aromatic N) is 4. The van der Waals surface area contributed by atoms with Crippen LogP contribution in [-0.2, 0) is 11.8 Å². The van der Waals surface area contributed by atoms with Crippen LogP contribution in [0.4, 0.5) is 0 Å². The first-order chi connectivity index (χ1) is 11.8. The predicted molar refractivity (Wildman–Crippen MR) is 98.3 cm³/mol. The Bertz CT molecular complexity index is 783. The topological polar surface area (TPSA) is 84.5 Å². The van der Waals surface area contributed by atoms with E-state index in [4.69, 9.17) is 5.73 Å². The van der Waals surface area contributed by atoms with Gasteiger partial charge in [0, 0.05) is 32.7 Å². The highest BCUT2D eigenvalue weighted by Crippen LogP contribution is 2.17. The fourth-order valence-electron chi connectivity index (χ4n) is 2.96. The zero-order valence-electron chi connectivity index (χ0n) is 15.6. The Morgan fingerprint density at radius 2 is 1.96 bits per heavy atom. The van der Waals surface area contributed by atoms with Crippen LogP contribution in [0.5, 0.6) is 0 Å². The molecule has 2 N–H and O–H groups in total. The van der Waals surface area contributed by atoms with E-state index in [2.05, 4.69) is 4.98 Å². The van der Waals surface area contributed by atoms with Crippen LogP contribution in [0.1, 0.15) is 29.5 Å². The minimum atomic E-state index is -0.337. The number of nitrogens with two attached hydrogens (primary N) is 1. The van der Waals surface area contributed by atoms with E-state index >= 15 is 0 Å². The summed E-state index contributed by atoms with van der Waals surface area (Å²) in [4.78, 5) is 32.1. The molecule has 1 aromatic heterocycles. The molecular formula is C18H27N5O2. The molecule has 25 heavy (non-hydrogen) atoms. The van der Waals surface area contributed by atoms with E-state index in [-0.39, 0.29) is 17.9 Å². The number of amides is 2. The molecule has 7 nitrogen and oxygen atoms in total. The van der Waals surface area contributed by atoms with Crippen LogP contribution in [0.25, 0.3) is 11.0 Å². The smallest absolute Gasteiger partial charge is 0.253 e. The number of carbonyl (C=O) groups is 2. The van der Waals surface area contributed by atoms with E-state index in [1.54, 1.807) is 18.0 Å². The van der Waals surface area contributed by atoms with Crippen LogP contribution in [0.15, 0.2) is 18.2 Å². The molecule has 0 fully saturated rings. The molecule has 0 saturated carbocycles. The van der Waals surface area contributed by atoms with Crippen molar-refractivity contribution in [3.05, 3.63) is 29.6 Å². The molecule has 0 aliphatic heterocycles. The molecule has 136 valence electrons. The minimum absolute atomic E-state index is 0.0544. The number of likely N-dealkylation sites (N-methyl/N-ethyl adjacent to an activating group) is 2. The summed E-state index contributed by atoms with van der Waals surface area (Å²) in [5.41, 5.74) is 7.85. The summed E-state index contributed by atoms with van der Waals surface area (Å²) >= 11 is 0. The van der Waals surface area contributed by atoms with Crippen molar-refractivity contribution in [2.75, 3.05) is 27.2 Å². The van der Waals surface area contributed by atoms with E-state index < -0.39 is 0 Å². The number of carbonyl (C=O) groups excluding carboxylic acids is 2. The Morgan fingerprint density at radius 3 is 2.56 bits per heavy atom. The van der Waals surface area contributed by atoms with Gasteiger partial charge >= 0.3 is 0 Å². The largest absolute Gasteiger partial charge is 0.368 e. The molecule has 0 aliphatic carbocycles. The second-order valence-corrected chi connectivity index (χ2v) is 6.46. The number of imidazole rings is 1. The number of rotatable bonds is 7. The molecule has 7 heteroatoms. The second-order valence-electron chi connectivity index (χ2n) is 6.46. The molecule has 0 aliphatic rings. The molecule has 1 atom stereocenters. The van der Waals surface area contributed by atoms with Crippen molar-refractivity contribution in [2.24, 2.45) is 12.8 Å². The number of benzene rings is 1. The van der Waals surface area contributed by atoms with E-state index in [9.17, 15) is 9.59 Å². The lowest BCUT2D eigenvalue weighted by Gasteiger charge is -2.27. The summed E-state index contributed by atoms with van der Waals surface area (Å²) in [5, 5.41) is 0. The van der Waals surface area contributed by atoms with Crippen molar-refractivity contribution in [3.8, 4) is 0 Å². The van der Waals surface area contributed by atoms with Gasteiger partial charge in [0.15, 0.2) is 0 Å². The second kappa shape index (κ2) is 7.65. The van der Waals surface area contributed by atoms with Gasteiger partial charge in [-0.1, -0.05) is 6.92 Å². The predicted octanol–water partition coefficient (Wildman–Crippen LogP) is 1.15. The van der Waals surface area contributed by atoms with Gasteiger partial charge in [-0.15, -0.1) is 0 Å². The standard InChI is InChI=1S/C18H27N5O2/c1-6-15(17(19)24)21(3)9-10-22(4)18(25)13-7-8-14-16(11-13)23(5)12(2)20-14/h7-8,11,15H,6,9-10H2,1-5H3,(H2,19,24). The molecule has 0 bridgehead atoms. The number of aryl methyl sites for hydroxylation is 2. The number of fused-ring (bicyclic) bond motifs is 1. The van der Waals surface area contributed by atoms with Crippen molar-refractivity contribution < 1.29 is 9.59 Å². The maximum absolute atomic E-state index is 12.7. The highest BCUT2D eigenvalue weighted by Gasteiger charge is 2.20. The Hall–Kier alpha value is -2.41. The van der Waals surface area contributed by atoms with E-state index in [0.29, 0.717) is 25.1 Å². The zero-order chi connectivity index (χ0) is 18.7. The Kier molecular flexibility index (Phi) is 5.79. The minimum Gasteiger partial charge on any atom is -0.368 e. The lowest BCUT2D eigenvalue weighted by atomic mass is 10.1. The summed E-state index contributed by atoms with van der Waals surface area (Å²) < 4.78 is 1.97. The van der Waals surface area contributed by atoms with Crippen molar-refractivity contribution in [3.63, 3.8) is 0 Å². The first-order valence-electron chi connectivity index (χ1n) is 8.44. The Morgan fingerprint density at radius 1 is 1.28 bits per heavy atom. The van der Waals surface area contributed by atoms with Crippen molar-refractivity contribution >= 4 is 22.8 Å². The summed E-state index contributed by atoms with van der Waals surface area (Å²) in [6.45, 7) is 4.95. The fourth-order valence-corrected chi connectivity index (χ4v) is 2.96. The first kappa shape index (κ1) is 18.9. The van der Waals surface area contributed by atoms with Gasteiger partial charge in [0.25, 0.3) is 5.91 Å². The van der Waals surface area contributed by atoms with Crippen molar-refractivity contribution in [2.45, 2.75) is 26.3 Å². The average molecular weight is 345 g/mol. The first-order valence-corrected chi connectivity index (χ1v) is 8.44. The van der Waals surface area contributed by atoms with E-state index in [1.807, 2.05) is 49.5 Å². The maximum atomic E-state index is 12.7. The van der Waals surface area contributed by atoms with Gasteiger partial charge in [0.2, 0.25) is 5.91 Å². The number of primary amides is 1. The Labute approximate surface area is 148 Å². The van der Waals surface area contributed by atoms with Crippen LogP contribution < -0.4 is 5.73 Å². The van der Waals surface area contributed by atoms with Crippen LogP contribution in [0.3, 0.4) is 0 Å². The maximum Gasteiger partial charge on any atom is 0.253 e. The molecule has 1 heterocycles. The monoisotopic (exact) mass is 345 g/mol. The molecule has 2 aromatic rings. The highest BCUT2D eigenvalue weighted by molar-refractivity contribution is 5.97. The van der Waals surface area contributed by atoms with Crippen LogP contribution >= 0.6 is 0 Å². The Balaban J connectivity index is 2.07. The quantitative estimate of drug-likeness (QED) is 0.816. The number of aromatic nitrogens is 2. The van der Waals surface area contributed by atoms with Gasteiger partial charge in [0.1, 0.15) is 5.82 Å². The van der Waals surface area contributed by atoms with Crippen LogP contribution in [0.2, 0.25) is 0 Å². The summed E-state index contributed by atoms with van der Waals surface area (Å²) in [7, 11) is 5.55. The van der Waals surface area contributed by atoms with Gasteiger partial charge in [-0.2, -0.15) is 0 Å². The van der Waals surface area contributed by atoms with Gasteiger partial charge in [-0.05, 0) is 38.6 Å². The summed E-state index contributed by atoms with van der Waals surface area (Å²) in [6.07, 6.45) is 0.653. The molecule has 2 amide bonds. The third-order valence-electron chi connectivity index (χ3n) is 4.73. The van der Waals surface area contributed by atoms with Crippen molar-refractivity contribution in [1.29, 1.82) is 0 Å². The number of hydrogen-bond acceptors (Lipinski definition) is 4. The van der Waals surface area contributed by atoms with Gasteiger partial charge in [-0.3, -0.25) is 14.5 Å². The lowest BCUT2D eigenvalue weighted by Crippen LogP contribution is -2.45. The molecule has 1 unspecified atom stereocenters. The van der Waals surface area contributed by atoms with E-state index in [1.165, 1.54) is 0 Å². The molecule has 2 rings (SSSR count). The highest BCUT2D eigenvalue weighted by atomic mass is 16.2. The third kappa shape index (κ3) is 3.99. The average Bonchev–Trinajstić information content (AvgIpc) is 2.86. The van der Waals surface area contributed by atoms with Gasteiger partial charge in [0.05, 0.1) is 17.1 Å². The van der Waals surface area contributed by atoms with Crippen LogP contribution in [0, 0.1) is 6.92 Å². The normalized spacial score (nSPS) is 12.6. The van der Waals surface area contributed by atoms with Crippen molar-refractivity contribution in [1.82, 2.24) is 19.4 Å². The fraction of sp³-hybridized carbons (Fsp3) is 0.500. The molecule has 0 spiro atoms. The molecule has 0 saturated heterocycles. The SMILES string of the molecule is CCC(C(N)=O)N(C)CCN(C)C(=O)c1ccc2nc(C)n(C)c2c1. The molecular weight excluding hydrogens is 318 g/mol.